The number of hydrogen-bond acceptors (Lipinski definition) is 5. The van der Waals surface area contributed by atoms with Gasteiger partial charge in [-0.25, -0.2) is 0 Å². The van der Waals surface area contributed by atoms with Crippen LogP contribution in [0.3, 0.4) is 0 Å². The lowest BCUT2D eigenvalue weighted by atomic mass is 10.1. The summed E-state index contributed by atoms with van der Waals surface area (Å²) in [4.78, 5) is 4.42. The van der Waals surface area contributed by atoms with E-state index in [-0.39, 0.29) is 6.04 Å². The second-order valence-corrected chi connectivity index (χ2v) is 5.35. The third-order valence-corrected chi connectivity index (χ3v) is 3.45. The van der Waals surface area contributed by atoms with E-state index < -0.39 is 0 Å². The summed E-state index contributed by atoms with van der Waals surface area (Å²) in [5, 5.41) is 7.32. The highest BCUT2D eigenvalue weighted by Gasteiger charge is 2.20. The Morgan fingerprint density at radius 3 is 3.16 bits per heavy atom. The monoisotopic (exact) mass is 323 g/mol. The van der Waals surface area contributed by atoms with E-state index in [1.165, 1.54) is 0 Å². The molecule has 2 heterocycles. The number of nitrogens with zero attached hydrogens (tertiary/aromatic N) is 2. The lowest BCUT2D eigenvalue weighted by molar-refractivity contribution is 0.0734. The summed E-state index contributed by atoms with van der Waals surface area (Å²) in [5.74, 6) is 1.30. The quantitative estimate of drug-likeness (QED) is 0.937. The summed E-state index contributed by atoms with van der Waals surface area (Å²) < 4.78 is 11.7. The minimum Gasteiger partial charge on any atom is -0.378 e. The first kappa shape index (κ1) is 12.8. The molecule has 100 valence electrons. The molecule has 2 aromatic rings. The largest absolute Gasteiger partial charge is 0.378 e. The van der Waals surface area contributed by atoms with Crippen LogP contribution in [-0.2, 0) is 11.2 Å². The van der Waals surface area contributed by atoms with Gasteiger partial charge in [0.2, 0.25) is 5.89 Å². The molecular weight excluding hydrogens is 310 g/mol. The van der Waals surface area contributed by atoms with Crippen molar-refractivity contribution in [1.82, 2.24) is 15.5 Å². The molecule has 0 saturated carbocycles. The molecule has 19 heavy (non-hydrogen) atoms. The number of rotatable bonds is 3. The number of halogens is 1. The zero-order chi connectivity index (χ0) is 13.1. The van der Waals surface area contributed by atoms with E-state index in [1.807, 2.05) is 24.3 Å². The van der Waals surface area contributed by atoms with Crippen molar-refractivity contribution in [3.8, 4) is 0 Å². The fourth-order valence-electron chi connectivity index (χ4n) is 2.03. The molecule has 1 aliphatic rings. The van der Waals surface area contributed by atoms with Gasteiger partial charge in [-0.2, -0.15) is 4.98 Å². The van der Waals surface area contributed by atoms with Crippen molar-refractivity contribution >= 4 is 15.9 Å². The number of nitrogens with one attached hydrogen (secondary N) is 1. The average molecular weight is 324 g/mol. The summed E-state index contributed by atoms with van der Waals surface area (Å²) in [6.45, 7) is 2.15. The molecule has 1 aromatic carbocycles. The minimum absolute atomic E-state index is 0.0359. The van der Waals surface area contributed by atoms with Crippen LogP contribution < -0.4 is 5.32 Å². The Hall–Kier alpha value is -1.24. The Kier molecular flexibility index (Phi) is 3.91. The standard InChI is InChI=1S/C13H14BrN3O2/c14-10-3-1-2-9(6-10)7-12-16-13(17-19-12)11-8-18-5-4-15-11/h1-3,6,11,15H,4-5,7-8H2. The van der Waals surface area contributed by atoms with Gasteiger partial charge in [0.15, 0.2) is 5.82 Å². The highest BCUT2D eigenvalue weighted by molar-refractivity contribution is 9.10. The summed E-state index contributed by atoms with van der Waals surface area (Å²) in [6, 6.07) is 8.11. The maximum atomic E-state index is 5.39. The molecule has 5 nitrogen and oxygen atoms in total. The van der Waals surface area contributed by atoms with Crippen LogP contribution in [0.15, 0.2) is 33.3 Å². The van der Waals surface area contributed by atoms with Gasteiger partial charge in [0.05, 0.1) is 25.7 Å². The lowest BCUT2D eigenvalue weighted by Crippen LogP contribution is -2.35. The van der Waals surface area contributed by atoms with Gasteiger partial charge in [-0.1, -0.05) is 33.2 Å². The van der Waals surface area contributed by atoms with Crippen molar-refractivity contribution in [2.24, 2.45) is 0 Å². The second kappa shape index (κ2) is 5.81. The van der Waals surface area contributed by atoms with Gasteiger partial charge in [-0.05, 0) is 17.7 Å². The summed E-state index contributed by atoms with van der Waals surface area (Å²) in [7, 11) is 0. The van der Waals surface area contributed by atoms with Crippen LogP contribution in [0.25, 0.3) is 0 Å². The van der Waals surface area contributed by atoms with Crippen molar-refractivity contribution in [1.29, 1.82) is 0 Å². The molecule has 0 bridgehead atoms. The number of ether oxygens (including phenoxy) is 1. The Morgan fingerprint density at radius 1 is 1.42 bits per heavy atom. The van der Waals surface area contributed by atoms with Gasteiger partial charge >= 0.3 is 0 Å². The van der Waals surface area contributed by atoms with E-state index in [2.05, 4.69) is 31.4 Å². The van der Waals surface area contributed by atoms with E-state index in [9.17, 15) is 0 Å². The van der Waals surface area contributed by atoms with Gasteiger partial charge in [0.25, 0.3) is 0 Å². The first-order chi connectivity index (χ1) is 9.31. The van der Waals surface area contributed by atoms with Crippen LogP contribution in [0.1, 0.15) is 23.3 Å². The topological polar surface area (TPSA) is 60.2 Å². The van der Waals surface area contributed by atoms with Crippen LogP contribution in [0, 0.1) is 0 Å². The zero-order valence-corrected chi connectivity index (χ0v) is 11.9. The maximum absolute atomic E-state index is 5.39. The molecule has 1 aliphatic heterocycles. The van der Waals surface area contributed by atoms with Crippen LogP contribution in [-0.4, -0.2) is 29.9 Å². The molecule has 0 radical (unpaired) electrons. The third-order valence-electron chi connectivity index (χ3n) is 2.96. The van der Waals surface area contributed by atoms with Gasteiger partial charge in [0, 0.05) is 11.0 Å². The van der Waals surface area contributed by atoms with Crippen LogP contribution in [0.5, 0.6) is 0 Å². The zero-order valence-electron chi connectivity index (χ0n) is 10.3. The molecule has 6 heteroatoms. The van der Waals surface area contributed by atoms with Gasteiger partial charge < -0.3 is 14.6 Å². The minimum atomic E-state index is 0.0359. The van der Waals surface area contributed by atoms with E-state index in [0.717, 1.165) is 23.2 Å². The van der Waals surface area contributed by atoms with Gasteiger partial charge in [0.1, 0.15) is 0 Å². The predicted octanol–water partition coefficient (Wildman–Crippen LogP) is 2.08. The van der Waals surface area contributed by atoms with Crippen molar-refractivity contribution in [2.45, 2.75) is 12.5 Å². The van der Waals surface area contributed by atoms with E-state index in [4.69, 9.17) is 9.26 Å². The van der Waals surface area contributed by atoms with E-state index in [1.54, 1.807) is 0 Å². The molecule has 1 unspecified atom stereocenters. The Balaban J connectivity index is 1.70. The van der Waals surface area contributed by atoms with Gasteiger partial charge in [-0.15, -0.1) is 0 Å². The molecule has 1 atom stereocenters. The average Bonchev–Trinajstić information content (AvgIpc) is 2.88. The van der Waals surface area contributed by atoms with E-state index >= 15 is 0 Å². The summed E-state index contributed by atoms with van der Waals surface area (Å²) in [5.41, 5.74) is 1.14. The molecule has 0 amide bonds. The number of hydrogen-bond donors (Lipinski definition) is 1. The number of benzene rings is 1. The van der Waals surface area contributed by atoms with Crippen molar-refractivity contribution in [2.75, 3.05) is 19.8 Å². The molecular formula is C13H14BrN3O2. The van der Waals surface area contributed by atoms with Gasteiger partial charge in [-0.3, -0.25) is 0 Å². The first-order valence-electron chi connectivity index (χ1n) is 6.19. The molecule has 1 aromatic heterocycles. The normalized spacial score (nSPS) is 19.5. The Bertz CT molecular complexity index is 552. The predicted molar refractivity (Wildman–Crippen MR) is 72.8 cm³/mol. The Labute approximate surface area is 119 Å². The summed E-state index contributed by atoms with van der Waals surface area (Å²) in [6.07, 6.45) is 0.639. The fourth-order valence-corrected chi connectivity index (χ4v) is 2.48. The second-order valence-electron chi connectivity index (χ2n) is 4.43. The van der Waals surface area contributed by atoms with Crippen LogP contribution >= 0.6 is 15.9 Å². The molecule has 1 fully saturated rings. The number of aromatic nitrogens is 2. The fraction of sp³-hybridized carbons (Fsp3) is 0.385. The SMILES string of the molecule is Brc1cccc(Cc2nc(C3COCCN3)no2)c1. The van der Waals surface area contributed by atoms with Crippen molar-refractivity contribution < 1.29 is 9.26 Å². The van der Waals surface area contributed by atoms with E-state index in [0.29, 0.717) is 24.7 Å². The highest BCUT2D eigenvalue weighted by Crippen LogP contribution is 2.16. The molecule has 3 rings (SSSR count). The Morgan fingerprint density at radius 2 is 2.37 bits per heavy atom. The highest BCUT2D eigenvalue weighted by atomic mass is 79.9. The summed E-state index contributed by atoms with van der Waals surface area (Å²) >= 11 is 3.45. The molecule has 0 aliphatic carbocycles. The smallest absolute Gasteiger partial charge is 0.231 e. The molecule has 1 N–H and O–H groups in total. The van der Waals surface area contributed by atoms with Crippen LogP contribution in [0.4, 0.5) is 0 Å². The third kappa shape index (κ3) is 3.20. The maximum Gasteiger partial charge on any atom is 0.231 e. The van der Waals surface area contributed by atoms with Crippen molar-refractivity contribution in [3.63, 3.8) is 0 Å². The molecule has 0 spiro atoms. The van der Waals surface area contributed by atoms with Crippen LogP contribution in [0.2, 0.25) is 0 Å². The lowest BCUT2D eigenvalue weighted by Gasteiger charge is -2.20. The first-order valence-corrected chi connectivity index (χ1v) is 6.98. The van der Waals surface area contributed by atoms with Crippen molar-refractivity contribution in [3.05, 3.63) is 46.0 Å². The molecule has 1 saturated heterocycles. The number of morpholine rings is 1.